The highest BCUT2D eigenvalue weighted by molar-refractivity contribution is 14.1. The average molecular weight is 313 g/mol. The normalized spacial score (nSPS) is 10.2. The monoisotopic (exact) mass is 313 g/mol. The minimum Gasteiger partial charge on any atom is -0.505 e. The van der Waals surface area contributed by atoms with Crippen molar-refractivity contribution < 1.29 is 9.50 Å². The summed E-state index contributed by atoms with van der Waals surface area (Å²) in [7, 11) is 0. The lowest BCUT2D eigenvalue weighted by Crippen LogP contribution is -1.88. The van der Waals surface area contributed by atoms with Crippen LogP contribution in [0.3, 0.4) is 0 Å². The largest absolute Gasteiger partial charge is 0.505 e. The Morgan fingerprint density at radius 2 is 1.87 bits per heavy atom. The Bertz CT molecular complexity index is 589. The summed E-state index contributed by atoms with van der Waals surface area (Å²) in [5.41, 5.74) is 0.437. The van der Waals surface area contributed by atoms with Crippen molar-refractivity contribution in [1.82, 2.24) is 0 Å². The first kappa shape index (κ1) is 10.2. The maximum atomic E-state index is 13.5. The third-order valence-corrected chi connectivity index (χ3v) is 3.07. The van der Waals surface area contributed by atoms with Crippen LogP contribution in [0, 0.1) is 20.7 Å². The summed E-state index contributed by atoms with van der Waals surface area (Å²) in [6.07, 6.45) is 0. The van der Waals surface area contributed by atoms with Crippen LogP contribution in [0.15, 0.2) is 24.3 Å². The summed E-state index contributed by atoms with van der Waals surface area (Å²) in [5.74, 6) is -1.08. The predicted molar refractivity (Wildman–Crippen MR) is 63.0 cm³/mol. The van der Waals surface area contributed by atoms with Crippen LogP contribution in [-0.4, -0.2) is 5.11 Å². The molecule has 4 heteroatoms. The van der Waals surface area contributed by atoms with Gasteiger partial charge in [0.1, 0.15) is 6.07 Å². The van der Waals surface area contributed by atoms with Crippen LogP contribution >= 0.6 is 22.6 Å². The molecule has 2 nitrogen and oxygen atoms in total. The molecule has 0 aliphatic heterocycles. The number of benzene rings is 2. The molecule has 0 aliphatic carbocycles. The van der Waals surface area contributed by atoms with Gasteiger partial charge in [0.05, 0.1) is 5.56 Å². The number of phenols is 1. The van der Waals surface area contributed by atoms with E-state index in [0.717, 1.165) is 3.57 Å². The molecule has 0 unspecified atom stereocenters. The van der Waals surface area contributed by atoms with Gasteiger partial charge in [-0.25, -0.2) is 4.39 Å². The van der Waals surface area contributed by atoms with Crippen LogP contribution in [0.1, 0.15) is 5.56 Å². The predicted octanol–water partition coefficient (Wildman–Crippen LogP) is 3.16. The van der Waals surface area contributed by atoms with Crippen LogP contribution in [-0.2, 0) is 0 Å². The summed E-state index contributed by atoms with van der Waals surface area (Å²) in [6.45, 7) is 0. The number of nitriles is 1. The van der Waals surface area contributed by atoms with E-state index in [2.05, 4.69) is 0 Å². The number of hydrogen-bond donors (Lipinski definition) is 1. The molecule has 0 saturated carbocycles. The highest BCUT2D eigenvalue weighted by Crippen LogP contribution is 2.29. The summed E-state index contributed by atoms with van der Waals surface area (Å²) in [4.78, 5) is 0. The topological polar surface area (TPSA) is 44.0 Å². The van der Waals surface area contributed by atoms with Crippen LogP contribution in [0.25, 0.3) is 10.8 Å². The fourth-order valence-corrected chi connectivity index (χ4v) is 2.04. The van der Waals surface area contributed by atoms with Crippen molar-refractivity contribution in [2.75, 3.05) is 0 Å². The standard InChI is InChI=1S/C11H5FINO/c12-11-7-1-3-9(13)8(5-14)6(7)2-4-10(11)15/h1-4,15H. The van der Waals surface area contributed by atoms with Crippen molar-refractivity contribution in [2.24, 2.45) is 0 Å². The summed E-state index contributed by atoms with van der Waals surface area (Å²) in [5, 5.41) is 18.9. The first-order valence-corrected chi connectivity index (χ1v) is 5.23. The lowest BCUT2D eigenvalue weighted by molar-refractivity contribution is 0.436. The Morgan fingerprint density at radius 3 is 2.53 bits per heavy atom. The Morgan fingerprint density at radius 1 is 1.20 bits per heavy atom. The molecule has 0 spiro atoms. The van der Waals surface area contributed by atoms with Gasteiger partial charge in [-0.2, -0.15) is 5.26 Å². The minimum atomic E-state index is -0.680. The minimum absolute atomic E-state index is 0.270. The van der Waals surface area contributed by atoms with Crippen LogP contribution < -0.4 is 0 Å². The SMILES string of the molecule is N#Cc1c(I)ccc2c(F)c(O)ccc12. The average Bonchev–Trinajstić information content (AvgIpc) is 2.23. The van der Waals surface area contributed by atoms with Crippen LogP contribution in [0.4, 0.5) is 4.39 Å². The van der Waals surface area contributed by atoms with Gasteiger partial charge in [0.25, 0.3) is 0 Å². The van der Waals surface area contributed by atoms with E-state index in [4.69, 9.17) is 5.26 Å². The zero-order valence-corrected chi connectivity index (χ0v) is 9.62. The van der Waals surface area contributed by atoms with Gasteiger partial charge in [-0.1, -0.05) is 6.07 Å². The first-order valence-electron chi connectivity index (χ1n) is 4.15. The zero-order chi connectivity index (χ0) is 11.0. The van der Waals surface area contributed by atoms with E-state index in [1.54, 1.807) is 18.2 Å². The van der Waals surface area contributed by atoms with E-state index >= 15 is 0 Å². The van der Waals surface area contributed by atoms with Gasteiger partial charge in [-0.3, -0.25) is 0 Å². The molecule has 0 bridgehead atoms. The molecule has 0 heterocycles. The zero-order valence-electron chi connectivity index (χ0n) is 7.46. The second-order valence-electron chi connectivity index (χ2n) is 3.03. The molecule has 74 valence electrons. The number of halogens is 2. The Labute approximate surface area is 99.1 Å². The van der Waals surface area contributed by atoms with Crippen molar-refractivity contribution in [1.29, 1.82) is 5.26 Å². The van der Waals surface area contributed by atoms with E-state index in [9.17, 15) is 9.50 Å². The van der Waals surface area contributed by atoms with E-state index in [1.165, 1.54) is 6.07 Å². The molecule has 0 radical (unpaired) electrons. The third-order valence-electron chi connectivity index (χ3n) is 2.18. The molecular formula is C11H5FINO. The van der Waals surface area contributed by atoms with Crippen molar-refractivity contribution in [3.8, 4) is 11.8 Å². The first-order chi connectivity index (χ1) is 7.15. The van der Waals surface area contributed by atoms with Crippen molar-refractivity contribution in [2.45, 2.75) is 0 Å². The van der Waals surface area contributed by atoms with E-state index < -0.39 is 11.6 Å². The Hall–Kier alpha value is -1.35. The molecule has 0 saturated heterocycles. The number of hydrogen-bond acceptors (Lipinski definition) is 2. The summed E-state index contributed by atoms with van der Waals surface area (Å²) >= 11 is 2.02. The van der Waals surface area contributed by atoms with Crippen molar-refractivity contribution >= 4 is 33.4 Å². The lowest BCUT2D eigenvalue weighted by atomic mass is 10.0. The van der Waals surface area contributed by atoms with Gasteiger partial charge >= 0.3 is 0 Å². The van der Waals surface area contributed by atoms with Crippen molar-refractivity contribution in [3.05, 3.63) is 39.2 Å². The van der Waals surface area contributed by atoms with Crippen LogP contribution in [0.2, 0.25) is 0 Å². The summed E-state index contributed by atoms with van der Waals surface area (Å²) in [6, 6.07) is 8.06. The number of nitrogens with zero attached hydrogens (tertiary/aromatic N) is 1. The molecular weight excluding hydrogens is 308 g/mol. The molecule has 0 aromatic heterocycles. The summed E-state index contributed by atoms with van der Waals surface area (Å²) < 4.78 is 14.3. The van der Waals surface area contributed by atoms with Gasteiger partial charge < -0.3 is 5.11 Å². The quantitative estimate of drug-likeness (QED) is 0.759. The fourth-order valence-electron chi connectivity index (χ4n) is 1.44. The molecule has 15 heavy (non-hydrogen) atoms. The van der Waals surface area contributed by atoms with Gasteiger partial charge in [-0.15, -0.1) is 0 Å². The van der Waals surface area contributed by atoms with Gasteiger partial charge in [0.15, 0.2) is 11.6 Å². The molecule has 1 N–H and O–H groups in total. The van der Waals surface area contributed by atoms with Gasteiger partial charge in [0.2, 0.25) is 0 Å². The highest BCUT2D eigenvalue weighted by atomic mass is 127. The number of rotatable bonds is 0. The van der Waals surface area contributed by atoms with Gasteiger partial charge in [0, 0.05) is 14.3 Å². The smallest absolute Gasteiger partial charge is 0.172 e. The third kappa shape index (κ3) is 1.53. The van der Waals surface area contributed by atoms with Gasteiger partial charge in [-0.05, 0) is 40.8 Å². The maximum Gasteiger partial charge on any atom is 0.172 e. The molecule has 0 fully saturated rings. The lowest BCUT2D eigenvalue weighted by Gasteiger charge is -2.04. The number of fused-ring (bicyclic) bond motifs is 1. The molecule has 0 atom stereocenters. The number of phenolic OH excluding ortho intramolecular Hbond substituents is 1. The molecule has 0 aliphatic rings. The van der Waals surface area contributed by atoms with E-state index in [-0.39, 0.29) is 5.39 Å². The second kappa shape index (κ2) is 3.66. The molecule has 2 aromatic rings. The molecule has 2 rings (SSSR count). The van der Waals surface area contributed by atoms with E-state index in [0.29, 0.717) is 10.9 Å². The highest BCUT2D eigenvalue weighted by Gasteiger charge is 2.11. The Balaban J connectivity index is 2.98. The second-order valence-corrected chi connectivity index (χ2v) is 4.19. The maximum absolute atomic E-state index is 13.5. The number of aromatic hydroxyl groups is 1. The molecule has 2 aromatic carbocycles. The molecule has 0 amide bonds. The van der Waals surface area contributed by atoms with E-state index in [1.807, 2.05) is 28.7 Å². The Kier molecular flexibility index (Phi) is 2.49. The van der Waals surface area contributed by atoms with Crippen LogP contribution in [0.5, 0.6) is 5.75 Å². The fraction of sp³-hybridized carbons (Fsp3) is 0. The van der Waals surface area contributed by atoms with Crippen molar-refractivity contribution in [3.63, 3.8) is 0 Å².